The van der Waals surface area contributed by atoms with Crippen LogP contribution in [0.4, 0.5) is 5.69 Å². The zero-order valence-electron chi connectivity index (χ0n) is 10.3. The standard InChI is InChI=1S/C13H17NO4/c1-9-2-3-12(11(6-9)13(16)17)14-4-5-18-8-10(14)7-15/h2-3,6,10,15H,4-5,7-8H2,1H3,(H,16,17). The molecule has 1 heterocycles. The van der Waals surface area contributed by atoms with E-state index in [9.17, 15) is 15.0 Å². The second kappa shape index (κ2) is 5.37. The third kappa shape index (κ3) is 2.47. The number of aryl methyl sites for hydroxylation is 1. The van der Waals surface area contributed by atoms with Crippen molar-refractivity contribution in [3.05, 3.63) is 29.3 Å². The molecule has 2 rings (SSSR count). The summed E-state index contributed by atoms with van der Waals surface area (Å²) in [5.41, 5.74) is 1.83. The fourth-order valence-corrected chi connectivity index (χ4v) is 2.19. The number of rotatable bonds is 3. The van der Waals surface area contributed by atoms with Gasteiger partial charge in [0.25, 0.3) is 0 Å². The number of hydrogen-bond donors (Lipinski definition) is 2. The monoisotopic (exact) mass is 251 g/mol. The molecule has 1 unspecified atom stereocenters. The number of carboxylic acids is 1. The van der Waals surface area contributed by atoms with E-state index in [1.807, 2.05) is 17.9 Å². The molecule has 5 nitrogen and oxygen atoms in total. The number of aromatic carboxylic acids is 1. The minimum atomic E-state index is -0.947. The molecule has 0 aromatic heterocycles. The van der Waals surface area contributed by atoms with Gasteiger partial charge in [0, 0.05) is 6.54 Å². The highest BCUT2D eigenvalue weighted by Gasteiger charge is 2.26. The molecule has 0 aliphatic carbocycles. The maximum atomic E-state index is 11.3. The average Bonchev–Trinajstić information content (AvgIpc) is 2.38. The minimum absolute atomic E-state index is 0.0487. The number of anilines is 1. The Balaban J connectivity index is 2.39. The summed E-state index contributed by atoms with van der Waals surface area (Å²) < 4.78 is 5.30. The summed E-state index contributed by atoms with van der Waals surface area (Å²) in [5.74, 6) is -0.947. The highest BCUT2D eigenvalue weighted by Crippen LogP contribution is 2.25. The number of hydrogen-bond acceptors (Lipinski definition) is 4. The molecule has 1 fully saturated rings. The normalized spacial score (nSPS) is 19.9. The van der Waals surface area contributed by atoms with E-state index in [1.54, 1.807) is 12.1 Å². The van der Waals surface area contributed by atoms with Crippen molar-refractivity contribution in [2.45, 2.75) is 13.0 Å². The molecule has 18 heavy (non-hydrogen) atoms. The zero-order chi connectivity index (χ0) is 13.1. The molecule has 5 heteroatoms. The van der Waals surface area contributed by atoms with Crippen molar-refractivity contribution in [3.8, 4) is 0 Å². The highest BCUT2D eigenvalue weighted by atomic mass is 16.5. The van der Waals surface area contributed by atoms with Crippen LogP contribution in [-0.4, -0.2) is 48.6 Å². The van der Waals surface area contributed by atoms with E-state index >= 15 is 0 Å². The molecule has 98 valence electrons. The average molecular weight is 251 g/mol. The predicted octanol–water partition coefficient (Wildman–Crippen LogP) is 0.891. The van der Waals surface area contributed by atoms with Crippen molar-refractivity contribution in [1.82, 2.24) is 0 Å². The number of ether oxygens (including phenoxy) is 1. The van der Waals surface area contributed by atoms with E-state index in [2.05, 4.69) is 0 Å². The van der Waals surface area contributed by atoms with E-state index < -0.39 is 5.97 Å². The first-order valence-corrected chi connectivity index (χ1v) is 5.92. The molecule has 1 atom stereocenters. The fourth-order valence-electron chi connectivity index (χ4n) is 2.19. The molecule has 1 saturated heterocycles. The Bertz CT molecular complexity index is 447. The van der Waals surface area contributed by atoms with Gasteiger partial charge in [0.1, 0.15) is 0 Å². The molecule has 0 radical (unpaired) electrons. The van der Waals surface area contributed by atoms with Gasteiger partial charge in [-0.15, -0.1) is 0 Å². The van der Waals surface area contributed by atoms with Gasteiger partial charge >= 0.3 is 5.97 Å². The fraction of sp³-hybridized carbons (Fsp3) is 0.462. The van der Waals surface area contributed by atoms with Gasteiger partial charge in [-0.05, 0) is 19.1 Å². The van der Waals surface area contributed by atoms with Crippen LogP contribution in [0, 0.1) is 6.92 Å². The molecule has 0 amide bonds. The van der Waals surface area contributed by atoms with Crippen LogP contribution >= 0.6 is 0 Å². The molecule has 2 N–H and O–H groups in total. The van der Waals surface area contributed by atoms with Gasteiger partial charge in [0.2, 0.25) is 0 Å². The van der Waals surface area contributed by atoms with Gasteiger partial charge in [-0.2, -0.15) is 0 Å². The lowest BCUT2D eigenvalue weighted by Gasteiger charge is -2.37. The summed E-state index contributed by atoms with van der Waals surface area (Å²) in [7, 11) is 0. The summed E-state index contributed by atoms with van der Waals surface area (Å²) in [6.45, 7) is 3.37. The summed E-state index contributed by atoms with van der Waals surface area (Å²) in [4.78, 5) is 13.2. The smallest absolute Gasteiger partial charge is 0.337 e. The maximum Gasteiger partial charge on any atom is 0.337 e. The quantitative estimate of drug-likeness (QED) is 0.835. The maximum absolute atomic E-state index is 11.3. The summed E-state index contributed by atoms with van der Waals surface area (Å²) in [5, 5.41) is 18.6. The van der Waals surface area contributed by atoms with E-state index in [1.165, 1.54) is 0 Å². The van der Waals surface area contributed by atoms with E-state index in [0.29, 0.717) is 25.4 Å². The molecule has 0 spiro atoms. The number of aliphatic hydroxyl groups excluding tert-OH is 1. The van der Waals surface area contributed by atoms with Crippen molar-refractivity contribution >= 4 is 11.7 Å². The van der Waals surface area contributed by atoms with Crippen molar-refractivity contribution in [1.29, 1.82) is 0 Å². The van der Waals surface area contributed by atoms with Crippen LogP contribution < -0.4 is 4.90 Å². The third-order valence-corrected chi connectivity index (χ3v) is 3.13. The van der Waals surface area contributed by atoms with Crippen molar-refractivity contribution < 1.29 is 19.7 Å². The Hall–Kier alpha value is -1.59. The van der Waals surface area contributed by atoms with Crippen LogP contribution in [0.15, 0.2) is 18.2 Å². The Morgan fingerprint density at radius 3 is 3.00 bits per heavy atom. The SMILES string of the molecule is Cc1ccc(N2CCOCC2CO)c(C(=O)O)c1. The van der Waals surface area contributed by atoms with Crippen LogP contribution in [0.25, 0.3) is 0 Å². The predicted molar refractivity (Wildman–Crippen MR) is 67.2 cm³/mol. The van der Waals surface area contributed by atoms with Crippen LogP contribution in [0.2, 0.25) is 0 Å². The first kappa shape index (κ1) is 12.9. The Morgan fingerprint density at radius 2 is 2.33 bits per heavy atom. The zero-order valence-corrected chi connectivity index (χ0v) is 10.3. The minimum Gasteiger partial charge on any atom is -0.478 e. The number of nitrogens with zero attached hydrogens (tertiary/aromatic N) is 1. The lowest BCUT2D eigenvalue weighted by atomic mass is 10.1. The van der Waals surface area contributed by atoms with Gasteiger partial charge < -0.3 is 19.8 Å². The van der Waals surface area contributed by atoms with Gasteiger partial charge in [0.05, 0.1) is 37.1 Å². The Labute approximate surface area is 106 Å². The highest BCUT2D eigenvalue weighted by molar-refractivity contribution is 5.94. The largest absolute Gasteiger partial charge is 0.478 e. The molecule has 1 aromatic rings. The Morgan fingerprint density at radius 1 is 1.56 bits per heavy atom. The number of aliphatic hydroxyl groups is 1. The van der Waals surface area contributed by atoms with Gasteiger partial charge in [0.15, 0.2) is 0 Å². The molecule has 1 aliphatic rings. The van der Waals surface area contributed by atoms with Gasteiger partial charge in [-0.1, -0.05) is 11.6 Å². The topological polar surface area (TPSA) is 70.0 Å². The molecular weight excluding hydrogens is 234 g/mol. The number of carbonyl (C=O) groups is 1. The first-order valence-electron chi connectivity index (χ1n) is 5.92. The summed E-state index contributed by atoms with van der Waals surface area (Å²) >= 11 is 0. The lowest BCUT2D eigenvalue weighted by Crippen LogP contribution is -2.48. The van der Waals surface area contributed by atoms with Crippen LogP contribution in [0.3, 0.4) is 0 Å². The first-order chi connectivity index (χ1) is 8.63. The summed E-state index contributed by atoms with van der Waals surface area (Å²) in [6.07, 6.45) is 0. The van der Waals surface area contributed by atoms with Crippen molar-refractivity contribution in [2.24, 2.45) is 0 Å². The van der Waals surface area contributed by atoms with Crippen molar-refractivity contribution in [3.63, 3.8) is 0 Å². The second-order valence-corrected chi connectivity index (χ2v) is 4.43. The summed E-state index contributed by atoms with van der Waals surface area (Å²) in [6, 6.07) is 5.15. The Kier molecular flexibility index (Phi) is 3.84. The van der Waals surface area contributed by atoms with Crippen LogP contribution in [-0.2, 0) is 4.74 Å². The number of carboxylic acid groups (broad SMARTS) is 1. The third-order valence-electron chi connectivity index (χ3n) is 3.13. The molecule has 0 bridgehead atoms. The van der Waals surface area contributed by atoms with E-state index in [-0.39, 0.29) is 18.2 Å². The van der Waals surface area contributed by atoms with Crippen LogP contribution in [0.1, 0.15) is 15.9 Å². The molecular formula is C13H17NO4. The van der Waals surface area contributed by atoms with Crippen molar-refractivity contribution in [2.75, 3.05) is 31.3 Å². The molecule has 1 aliphatic heterocycles. The van der Waals surface area contributed by atoms with Crippen LogP contribution in [0.5, 0.6) is 0 Å². The number of morpholine rings is 1. The molecule has 1 aromatic carbocycles. The lowest BCUT2D eigenvalue weighted by molar-refractivity contribution is 0.0677. The molecule has 0 saturated carbocycles. The van der Waals surface area contributed by atoms with E-state index in [0.717, 1.165) is 5.56 Å². The second-order valence-electron chi connectivity index (χ2n) is 4.43. The van der Waals surface area contributed by atoms with Gasteiger partial charge in [-0.3, -0.25) is 0 Å². The number of benzene rings is 1. The van der Waals surface area contributed by atoms with Gasteiger partial charge in [-0.25, -0.2) is 4.79 Å². The van der Waals surface area contributed by atoms with E-state index in [4.69, 9.17) is 4.74 Å².